The van der Waals surface area contributed by atoms with Crippen molar-refractivity contribution in [2.24, 2.45) is 0 Å². The van der Waals surface area contributed by atoms with Gasteiger partial charge in [0.2, 0.25) is 5.91 Å². The second-order valence-electron chi connectivity index (χ2n) is 7.79. The first-order chi connectivity index (χ1) is 16.4. The van der Waals surface area contributed by atoms with Gasteiger partial charge in [-0.15, -0.1) is 0 Å². The number of carbonyl (C=O) groups is 2. The number of aryl methyl sites for hydroxylation is 2. The molecule has 8 heteroatoms. The maximum atomic E-state index is 13.0. The third-order valence-corrected chi connectivity index (χ3v) is 7.59. The Morgan fingerprint density at radius 3 is 2.56 bits per heavy atom. The molecule has 2 heterocycles. The summed E-state index contributed by atoms with van der Waals surface area (Å²) in [4.78, 5) is 35.0. The number of carbonyl (C=O) groups excluding carboxylic acids is 2. The molecular formula is C26H25N3O3S2. The molecule has 1 amide bonds. The van der Waals surface area contributed by atoms with Crippen molar-refractivity contribution in [2.45, 2.75) is 44.1 Å². The Balaban J connectivity index is 1.42. The third kappa shape index (κ3) is 5.63. The first-order valence-corrected chi connectivity index (χ1v) is 12.7. The number of rotatable bonds is 8. The van der Waals surface area contributed by atoms with Crippen molar-refractivity contribution in [3.8, 4) is 0 Å². The first-order valence-electron chi connectivity index (χ1n) is 11.0. The van der Waals surface area contributed by atoms with Gasteiger partial charge in [0, 0.05) is 5.39 Å². The molecule has 4 rings (SSSR count). The smallest absolute Gasteiger partial charge is 0.350 e. The van der Waals surface area contributed by atoms with Crippen molar-refractivity contribution in [3.05, 3.63) is 82.4 Å². The van der Waals surface area contributed by atoms with Gasteiger partial charge < -0.3 is 10.1 Å². The second kappa shape index (κ2) is 10.8. The van der Waals surface area contributed by atoms with Crippen LogP contribution in [0, 0.1) is 13.8 Å². The summed E-state index contributed by atoms with van der Waals surface area (Å²) in [7, 11) is 0. The molecule has 0 radical (unpaired) electrons. The standard InChI is InChI=1S/C26H25N3O3S2/c1-4-21(33-22-14-16(2)19-12-8-9-13-20(19)28-22)24(30)29-26-27-17(3)23(34-26)25(31)32-15-18-10-6-5-7-11-18/h5-14,21H,4,15H2,1-3H3,(H,27,29,30). The maximum Gasteiger partial charge on any atom is 0.350 e. The number of para-hydroxylation sites is 1. The normalized spacial score (nSPS) is 11.9. The van der Waals surface area contributed by atoms with E-state index in [1.165, 1.54) is 11.8 Å². The van der Waals surface area contributed by atoms with Gasteiger partial charge in [-0.2, -0.15) is 0 Å². The zero-order chi connectivity index (χ0) is 24.1. The SMILES string of the molecule is CCC(Sc1cc(C)c2ccccc2n1)C(=O)Nc1nc(C)c(C(=O)OCc2ccccc2)s1. The number of ether oxygens (including phenoxy) is 1. The highest BCUT2D eigenvalue weighted by Gasteiger charge is 2.23. The van der Waals surface area contributed by atoms with E-state index in [2.05, 4.69) is 10.3 Å². The lowest BCUT2D eigenvalue weighted by Gasteiger charge is -2.14. The number of pyridine rings is 1. The minimum absolute atomic E-state index is 0.168. The van der Waals surface area contributed by atoms with Crippen molar-refractivity contribution in [1.82, 2.24) is 9.97 Å². The fourth-order valence-electron chi connectivity index (χ4n) is 3.46. The highest BCUT2D eigenvalue weighted by Crippen LogP contribution is 2.30. The summed E-state index contributed by atoms with van der Waals surface area (Å²) in [6.07, 6.45) is 0.625. The molecular weight excluding hydrogens is 466 g/mol. The second-order valence-corrected chi connectivity index (χ2v) is 10.0. The number of hydrogen-bond acceptors (Lipinski definition) is 7. The zero-order valence-corrected chi connectivity index (χ0v) is 20.8. The van der Waals surface area contributed by atoms with Crippen LogP contribution in [0.25, 0.3) is 10.9 Å². The largest absolute Gasteiger partial charge is 0.457 e. The minimum atomic E-state index is -0.448. The number of nitrogens with zero attached hydrogens (tertiary/aromatic N) is 2. The number of fused-ring (bicyclic) bond motifs is 1. The van der Waals surface area contributed by atoms with Crippen molar-refractivity contribution >= 4 is 51.0 Å². The number of aromatic nitrogens is 2. The summed E-state index contributed by atoms with van der Waals surface area (Å²) in [6, 6.07) is 19.5. The molecule has 0 saturated heterocycles. The van der Waals surface area contributed by atoms with Crippen LogP contribution >= 0.6 is 23.1 Å². The number of hydrogen-bond donors (Lipinski definition) is 1. The van der Waals surface area contributed by atoms with E-state index in [4.69, 9.17) is 9.72 Å². The molecule has 4 aromatic rings. The van der Waals surface area contributed by atoms with Gasteiger partial charge in [0.05, 0.1) is 21.5 Å². The van der Waals surface area contributed by atoms with Gasteiger partial charge >= 0.3 is 5.97 Å². The lowest BCUT2D eigenvalue weighted by Crippen LogP contribution is -2.24. The van der Waals surface area contributed by atoms with Gasteiger partial charge in [-0.05, 0) is 43.5 Å². The van der Waals surface area contributed by atoms with E-state index < -0.39 is 5.97 Å². The lowest BCUT2D eigenvalue weighted by molar-refractivity contribution is -0.115. The van der Waals surface area contributed by atoms with Gasteiger partial charge in [0.15, 0.2) is 5.13 Å². The number of esters is 1. The number of nitrogens with one attached hydrogen (secondary N) is 1. The Labute approximate surface area is 206 Å². The van der Waals surface area contributed by atoms with Gasteiger partial charge in [0.25, 0.3) is 0 Å². The molecule has 0 aliphatic rings. The quantitative estimate of drug-likeness (QED) is 0.234. The Hall–Kier alpha value is -3.23. The molecule has 0 saturated carbocycles. The number of benzene rings is 2. The van der Waals surface area contributed by atoms with Gasteiger partial charge in [-0.25, -0.2) is 14.8 Å². The number of thiazole rings is 1. The van der Waals surface area contributed by atoms with Crippen LogP contribution < -0.4 is 5.32 Å². The predicted molar refractivity (Wildman–Crippen MR) is 137 cm³/mol. The molecule has 34 heavy (non-hydrogen) atoms. The van der Waals surface area contributed by atoms with Crippen molar-refractivity contribution < 1.29 is 14.3 Å². The van der Waals surface area contributed by atoms with Crippen molar-refractivity contribution in [1.29, 1.82) is 0 Å². The monoisotopic (exact) mass is 491 g/mol. The Bertz CT molecular complexity index is 1320. The van der Waals surface area contributed by atoms with E-state index in [0.29, 0.717) is 22.1 Å². The van der Waals surface area contributed by atoms with Crippen molar-refractivity contribution in [2.75, 3.05) is 5.32 Å². The van der Waals surface area contributed by atoms with Crippen LogP contribution in [0.3, 0.4) is 0 Å². The molecule has 0 aliphatic carbocycles. The molecule has 1 unspecified atom stereocenters. The fourth-order valence-corrected chi connectivity index (χ4v) is 5.34. The highest BCUT2D eigenvalue weighted by atomic mass is 32.2. The summed E-state index contributed by atoms with van der Waals surface area (Å²) in [5, 5.41) is 4.82. The summed E-state index contributed by atoms with van der Waals surface area (Å²) < 4.78 is 5.41. The van der Waals surface area contributed by atoms with Crippen molar-refractivity contribution in [3.63, 3.8) is 0 Å². The molecule has 2 aromatic carbocycles. The molecule has 0 fully saturated rings. The van der Waals surface area contributed by atoms with E-state index in [1.54, 1.807) is 6.92 Å². The molecule has 2 aromatic heterocycles. The molecule has 1 atom stereocenters. The molecule has 1 N–H and O–H groups in total. The van der Waals surface area contributed by atoms with E-state index in [0.717, 1.165) is 38.4 Å². The number of anilines is 1. The predicted octanol–water partition coefficient (Wildman–Crippen LogP) is 6.17. The topological polar surface area (TPSA) is 81.2 Å². The van der Waals surface area contributed by atoms with E-state index >= 15 is 0 Å². The minimum Gasteiger partial charge on any atom is -0.457 e. The molecule has 0 bridgehead atoms. The first kappa shape index (κ1) is 23.9. The highest BCUT2D eigenvalue weighted by molar-refractivity contribution is 8.00. The van der Waals surface area contributed by atoms with Gasteiger partial charge in [-0.1, -0.05) is 78.6 Å². The summed E-state index contributed by atoms with van der Waals surface area (Å²) >= 11 is 2.56. The third-order valence-electron chi connectivity index (χ3n) is 5.25. The van der Waals surface area contributed by atoms with E-state index in [1.807, 2.05) is 74.5 Å². The number of amides is 1. The molecule has 6 nitrogen and oxygen atoms in total. The average Bonchev–Trinajstić information content (AvgIpc) is 3.21. The molecule has 174 valence electrons. The van der Waals surface area contributed by atoms with Crippen LogP contribution in [0.2, 0.25) is 0 Å². The van der Waals surface area contributed by atoms with Crippen LogP contribution in [0.4, 0.5) is 5.13 Å². The fraction of sp³-hybridized carbons (Fsp3) is 0.231. The van der Waals surface area contributed by atoms with E-state index in [9.17, 15) is 9.59 Å². The summed E-state index contributed by atoms with van der Waals surface area (Å²) in [5.74, 6) is -0.616. The zero-order valence-electron chi connectivity index (χ0n) is 19.2. The van der Waals surface area contributed by atoms with Crippen LogP contribution in [-0.4, -0.2) is 27.1 Å². The number of thioether (sulfide) groups is 1. The Kier molecular flexibility index (Phi) is 7.59. The van der Waals surface area contributed by atoms with Crippen LogP contribution in [-0.2, 0) is 16.1 Å². The Morgan fingerprint density at radius 1 is 1.06 bits per heavy atom. The summed E-state index contributed by atoms with van der Waals surface area (Å²) in [6.45, 7) is 5.93. The van der Waals surface area contributed by atoms with Crippen LogP contribution in [0.15, 0.2) is 65.7 Å². The van der Waals surface area contributed by atoms with Crippen LogP contribution in [0.1, 0.15) is 39.8 Å². The van der Waals surface area contributed by atoms with Crippen LogP contribution in [0.5, 0.6) is 0 Å². The van der Waals surface area contributed by atoms with E-state index in [-0.39, 0.29) is 17.8 Å². The molecule has 0 aliphatic heterocycles. The Morgan fingerprint density at radius 2 is 1.79 bits per heavy atom. The summed E-state index contributed by atoms with van der Waals surface area (Å²) in [5.41, 5.74) is 3.48. The average molecular weight is 492 g/mol. The molecule has 0 spiro atoms. The lowest BCUT2D eigenvalue weighted by atomic mass is 10.1. The maximum absolute atomic E-state index is 13.0. The van der Waals surface area contributed by atoms with Gasteiger partial charge in [0.1, 0.15) is 11.5 Å². The van der Waals surface area contributed by atoms with Gasteiger partial charge in [-0.3, -0.25) is 4.79 Å².